The molecule has 0 aromatic heterocycles. The lowest BCUT2D eigenvalue weighted by Crippen LogP contribution is -2.30. The van der Waals surface area contributed by atoms with Crippen LogP contribution >= 0.6 is 11.8 Å². The number of hydrogen-bond donors (Lipinski definition) is 0. The van der Waals surface area contributed by atoms with Crippen LogP contribution < -0.4 is 4.74 Å². The van der Waals surface area contributed by atoms with Crippen molar-refractivity contribution in [3.63, 3.8) is 0 Å². The third kappa shape index (κ3) is 5.50. The molecule has 1 aromatic carbocycles. The molecule has 0 spiro atoms. The molecule has 0 unspecified atom stereocenters. The van der Waals surface area contributed by atoms with Gasteiger partial charge in [0.15, 0.2) is 0 Å². The second-order valence-corrected chi connectivity index (χ2v) is 6.42. The Morgan fingerprint density at radius 2 is 2.00 bits per heavy atom. The number of hydrogen-bond acceptors (Lipinski definition) is 3. The van der Waals surface area contributed by atoms with Crippen LogP contribution in [0.5, 0.6) is 5.75 Å². The van der Waals surface area contributed by atoms with Crippen molar-refractivity contribution in [2.45, 2.75) is 19.8 Å². The minimum Gasteiger partial charge on any atom is -0.494 e. The van der Waals surface area contributed by atoms with E-state index < -0.39 is 0 Å². The fraction of sp³-hybridized carbons (Fsp3) is 0.444. The van der Waals surface area contributed by atoms with Gasteiger partial charge in [-0.05, 0) is 30.2 Å². The Kier molecular flexibility index (Phi) is 6.74. The van der Waals surface area contributed by atoms with Crippen LogP contribution in [0.2, 0.25) is 0 Å². The van der Waals surface area contributed by atoms with Crippen LogP contribution in [0.25, 0.3) is 6.08 Å². The Labute approximate surface area is 132 Å². The molecular weight excluding hydrogens is 278 g/mol. The molecule has 1 aliphatic rings. The molecule has 3 heteroatoms. The van der Waals surface area contributed by atoms with Gasteiger partial charge in [0.1, 0.15) is 5.75 Å². The average Bonchev–Trinajstić information content (AvgIpc) is 2.55. The first kappa shape index (κ1) is 16.0. The van der Waals surface area contributed by atoms with E-state index in [-0.39, 0.29) is 0 Å². The van der Waals surface area contributed by atoms with Crippen molar-refractivity contribution in [2.24, 2.45) is 0 Å². The van der Waals surface area contributed by atoms with Gasteiger partial charge in [-0.1, -0.05) is 38.1 Å². The SMILES string of the molecule is C=C(/C=C/c1ccc(OCCCC)cc1)N1CCSCC1. The lowest BCUT2D eigenvalue weighted by Gasteiger charge is -2.28. The standard InChI is InChI=1S/C18H25NOS/c1-3-4-13-20-18-9-7-17(8-10-18)6-5-16(2)19-11-14-21-15-12-19/h5-10H,2-4,11-15H2,1H3/b6-5+. The molecule has 0 amide bonds. The van der Waals surface area contributed by atoms with E-state index in [4.69, 9.17) is 4.74 Å². The van der Waals surface area contributed by atoms with Crippen LogP contribution in [0, 0.1) is 0 Å². The molecule has 1 aromatic rings. The van der Waals surface area contributed by atoms with Crippen molar-refractivity contribution >= 4 is 17.8 Å². The van der Waals surface area contributed by atoms with Crippen LogP contribution in [0.15, 0.2) is 42.6 Å². The molecule has 0 atom stereocenters. The summed E-state index contributed by atoms with van der Waals surface area (Å²) in [6.07, 6.45) is 6.51. The van der Waals surface area contributed by atoms with Gasteiger partial charge in [-0.15, -0.1) is 0 Å². The summed E-state index contributed by atoms with van der Waals surface area (Å²) in [7, 11) is 0. The summed E-state index contributed by atoms with van der Waals surface area (Å²) in [4.78, 5) is 2.36. The Bertz CT molecular complexity index is 461. The number of benzene rings is 1. The summed E-state index contributed by atoms with van der Waals surface area (Å²) in [5, 5.41) is 0. The van der Waals surface area contributed by atoms with Crippen molar-refractivity contribution in [1.82, 2.24) is 4.90 Å². The summed E-state index contributed by atoms with van der Waals surface area (Å²) >= 11 is 2.02. The minimum absolute atomic E-state index is 0.801. The molecular formula is C18H25NOS. The smallest absolute Gasteiger partial charge is 0.119 e. The summed E-state index contributed by atoms with van der Waals surface area (Å²) in [5.41, 5.74) is 2.30. The molecule has 21 heavy (non-hydrogen) atoms. The van der Waals surface area contributed by atoms with Gasteiger partial charge in [-0.2, -0.15) is 11.8 Å². The molecule has 1 heterocycles. The van der Waals surface area contributed by atoms with E-state index in [1.807, 2.05) is 23.9 Å². The first-order valence-corrected chi connectivity index (χ1v) is 8.87. The quantitative estimate of drug-likeness (QED) is 0.546. The van der Waals surface area contributed by atoms with Gasteiger partial charge in [0.25, 0.3) is 0 Å². The normalized spacial score (nSPS) is 15.4. The fourth-order valence-electron chi connectivity index (χ4n) is 2.16. The zero-order valence-corrected chi connectivity index (χ0v) is 13.7. The third-order valence-corrected chi connectivity index (χ3v) is 4.47. The van der Waals surface area contributed by atoms with E-state index in [0.717, 1.165) is 44.0 Å². The van der Waals surface area contributed by atoms with E-state index in [1.165, 1.54) is 17.1 Å². The number of allylic oxidation sites excluding steroid dienone is 1. The third-order valence-electron chi connectivity index (χ3n) is 3.53. The van der Waals surface area contributed by atoms with Gasteiger partial charge in [0.05, 0.1) is 6.61 Å². The number of unbranched alkanes of at least 4 members (excludes halogenated alkanes) is 1. The highest BCUT2D eigenvalue weighted by molar-refractivity contribution is 7.99. The molecule has 0 bridgehead atoms. The molecule has 2 rings (SSSR count). The summed E-state index contributed by atoms with van der Waals surface area (Å²) in [6, 6.07) is 8.26. The van der Waals surface area contributed by atoms with Gasteiger partial charge < -0.3 is 9.64 Å². The first-order valence-electron chi connectivity index (χ1n) is 7.72. The Balaban J connectivity index is 1.84. The second-order valence-electron chi connectivity index (χ2n) is 5.20. The van der Waals surface area contributed by atoms with Crippen molar-refractivity contribution in [3.05, 3.63) is 48.2 Å². The van der Waals surface area contributed by atoms with Crippen molar-refractivity contribution in [3.8, 4) is 5.75 Å². The maximum Gasteiger partial charge on any atom is 0.119 e. The number of rotatable bonds is 7. The molecule has 114 valence electrons. The van der Waals surface area contributed by atoms with Crippen LogP contribution in [0.1, 0.15) is 25.3 Å². The highest BCUT2D eigenvalue weighted by atomic mass is 32.2. The van der Waals surface area contributed by atoms with Crippen LogP contribution in [-0.2, 0) is 0 Å². The van der Waals surface area contributed by atoms with Gasteiger partial charge in [0, 0.05) is 30.3 Å². The predicted octanol–water partition coefficient (Wildman–Crippen LogP) is 4.44. The van der Waals surface area contributed by atoms with Crippen molar-refractivity contribution in [2.75, 3.05) is 31.2 Å². The van der Waals surface area contributed by atoms with E-state index in [0.29, 0.717) is 0 Å². The Hall–Kier alpha value is -1.35. The molecule has 0 saturated carbocycles. The van der Waals surface area contributed by atoms with E-state index in [9.17, 15) is 0 Å². The fourth-order valence-corrected chi connectivity index (χ4v) is 3.06. The molecule has 2 nitrogen and oxygen atoms in total. The molecule has 0 radical (unpaired) electrons. The minimum atomic E-state index is 0.801. The average molecular weight is 303 g/mol. The van der Waals surface area contributed by atoms with Crippen LogP contribution in [-0.4, -0.2) is 36.1 Å². The Morgan fingerprint density at radius 3 is 2.67 bits per heavy atom. The van der Waals surface area contributed by atoms with E-state index in [2.05, 4.69) is 42.7 Å². The Morgan fingerprint density at radius 1 is 1.29 bits per heavy atom. The summed E-state index contributed by atoms with van der Waals surface area (Å²) < 4.78 is 5.67. The highest BCUT2D eigenvalue weighted by Crippen LogP contribution is 2.17. The molecule has 0 aliphatic carbocycles. The van der Waals surface area contributed by atoms with Gasteiger partial charge in [-0.3, -0.25) is 0 Å². The lowest BCUT2D eigenvalue weighted by molar-refractivity contribution is 0.309. The van der Waals surface area contributed by atoms with Crippen molar-refractivity contribution in [1.29, 1.82) is 0 Å². The van der Waals surface area contributed by atoms with Gasteiger partial charge in [-0.25, -0.2) is 0 Å². The first-order chi connectivity index (χ1) is 10.3. The monoisotopic (exact) mass is 303 g/mol. The van der Waals surface area contributed by atoms with Gasteiger partial charge >= 0.3 is 0 Å². The summed E-state index contributed by atoms with van der Waals surface area (Å²) in [6.45, 7) is 9.36. The number of ether oxygens (including phenoxy) is 1. The summed E-state index contributed by atoms with van der Waals surface area (Å²) in [5.74, 6) is 3.36. The van der Waals surface area contributed by atoms with E-state index in [1.54, 1.807) is 0 Å². The number of nitrogens with zero attached hydrogens (tertiary/aromatic N) is 1. The van der Waals surface area contributed by atoms with Crippen LogP contribution in [0.3, 0.4) is 0 Å². The van der Waals surface area contributed by atoms with E-state index >= 15 is 0 Å². The highest BCUT2D eigenvalue weighted by Gasteiger charge is 2.09. The largest absolute Gasteiger partial charge is 0.494 e. The predicted molar refractivity (Wildman–Crippen MR) is 93.9 cm³/mol. The topological polar surface area (TPSA) is 12.5 Å². The zero-order chi connectivity index (χ0) is 14.9. The van der Waals surface area contributed by atoms with Crippen LogP contribution in [0.4, 0.5) is 0 Å². The number of thioether (sulfide) groups is 1. The molecule has 0 N–H and O–H groups in total. The van der Waals surface area contributed by atoms with Gasteiger partial charge in [0.2, 0.25) is 0 Å². The second kappa shape index (κ2) is 8.83. The molecule has 1 saturated heterocycles. The van der Waals surface area contributed by atoms with Crippen molar-refractivity contribution < 1.29 is 4.74 Å². The maximum absolute atomic E-state index is 5.67. The molecule has 1 aliphatic heterocycles. The zero-order valence-electron chi connectivity index (χ0n) is 12.9. The lowest BCUT2D eigenvalue weighted by atomic mass is 10.2. The maximum atomic E-state index is 5.67. The molecule has 1 fully saturated rings.